The minimum absolute atomic E-state index is 0.0164. The Balaban J connectivity index is 2.28. The Morgan fingerprint density at radius 2 is 1.65 bits per heavy atom. The van der Waals surface area contributed by atoms with Crippen molar-refractivity contribution in [3.63, 3.8) is 0 Å². The summed E-state index contributed by atoms with van der Waals surface area (Å²) >= 11 is 0. The number of benzene rings is 2. The molecule has 2 N–H and O–H groups in total. The zero-order valence-electron chi connectivity index (χ0n) is 13.3. The van der Waals surface area contributed by atoms with Gasteiger partial charge in [-0.3, -0.25) is 4.79 Å². The van der Waals surface area contributed by atoms with Gasteiger partial charge in [0.25, 0.3) is 7.41 Å². The van der Waals surface area contributed by atoms with Gasteiger partial charge in [-0.05, 0) is 16.7 Å². The van der Waals surface area contributed by atoms with Crippen LogP contribution in [0.4, 0.5) is 0 Å². The molecule has 0 aliphatic heterocycles. The lowest BCUT2D eigenvalue weighted by atomic mass is 9.75. The molecular weight excluding hydrogens is 289 g/mol. The summed E-state index contributed by atoms with van der Waals surface area (Å²) in [5, 5.41) is 12.2. The Hall–Kier alpha value is -2.40. The van der Waals surface area contributed by atoms with Gasteiger partial charge in [0, 0.05) is 5.41 Å². The number of carbonyl (C=O) groups is 2. The van der Waals surface area contributed by atoms with E-state index in [4.69, 9.17) is 0 Å². The van der Waals surface area contributed by atoms with Crippen molar-refractivity contribution in [2.75, 3.05) is 0 Å². The van der Waals surface area contributed by atoms with Crippen molar-refractivity contribution in [2.24, 2.45) is 0 Å². The zero-order valence-corrected chi connectivity index (χ0v) is 13.3. The molecule has 0 heterocycles. The molecule has 0 amide bonds. The van der Waals surface area contributed by atoms with Gasteiger partial charge in [0.2, 0.25) is 0 Å². The lowest BCUT2D eigenvalue weighted by Crippen LogP contribution is -2.51. The summed E-state index contributed by atoms with van der Waals surface area (Å²) in [6, 6.07) is 17.0. The first kappa shape index (κ1) is 17.0. The quantitative estimate of drug-likeness (QED) is 0.608. The molecule has 23 heavy (non-hydrogen) atoms. The second-order valence-electron chi connectivity index (χ2n) is 6.01. The smallest absolute Gasteiger partial charge is 0.320 e. The molecule has 2 aromatic rings. The Labute approximate surface area is 136 Å². The highest BCUT2D eigenvalue weighted by Gasteiger charge is 2.36. The zero-order chi connectivity index (χ0) is 16.9. The van der Waals surface area contributed by atoms with Crippen LogP contribution in [-0.4, -0.2) is 30.7 Å². The number of carbonyl (C=O) groups excluding carboxylic acids is 1. The van der Waals surface area contributed by atoms with Crippen LogP contribution in [0.1, 0.15) is 19.4 Å². The summed E-state index contributed by atoms with van der Waals surface area (Å²) in [5.41, 5.74) is 2.45. The molecule has 0 spiro atoms. The standard InChI is InChI=1S/C18H20BNO3/c1-18(2,16(17(22)23)20-19-12-21)15-10-8-14(9-11-15)13-6-4-3-5-7-13/h3-12,16,19-20H,1-2H3,(H,22,23)/t16-/m0/s1. The van der Waals surface area contributed by atoms with Gasteiger partial charge in [-0.25, -0.2) is 0 Å². The molecular formula is C18H20BNO3. The van der Waals surface area contributed by atoms with Gasteiger partial charge in [-0.1, -0.05) is 68.4 Å². The normalized spacial score (nSPS) is 12.4. The lowest BCUT2D eigenvalue weighted by molar-refractivity contribution is -0.140. The van der Waals surface area contributed by atoms with E-state index in [1.54, 1.807) is 0 Å². The SMILES string of the molecule is CC(C)(c1ccc(-c2ccccc2)cc1)[C@@H](NBC=O)C(=O)O. The number of hydrogen-bond acceptors (Lipinski definition) is 3. The lowest BCUT2D eigenvalue weighted by Gasteiger charge is -2.32. The van der Waals surface area contributed by atoms with E-state index in [-0.39, 0.29) is 7.41 Å². The van der Waals surface area contributed by atoms with Crippen LogP contribution in [0.3, 0.4) is 0 Å². The van der Waals surface area contributed by atoms with Gasteiger partial charge >= 0.3 is 5.97 Å². The van der Waals surface area contributed by atoms with Crippen molar-refractivity contribution in [3.8, 4) is 11.1 Å². The van der Waals surface area contributed by atoms with E-state index >= 15 is 0 Å². The first-order chi connectivity index (χ1) is 11.0. The molecule has 2 rings (SSSR count). The third-order valence-corrected chi connectivity index (χ3v) is 4.11. The van der Waals surface area contributed by atoms with Gasteiger partial charge in [-0.2, -0.15) is 0 Å². The second kappa shape index (κ2) is 7.25. The molecule has 2 aromatic carbocycles. The maximum atomic E-state index is 11.5. The first-order valence-electron chi connectivity index (χ1n) is 7.52. The third-order valence-electron chi connectivity index (χ3n) is 4.11. The number of hydrogen-bond donors (Lipinski definition) is 2. The van der Waals surface area contributed by atoms with Gasteiger partial charge in [-0.15, -0.1) is 0 Å². The summed E-state index contributed by atoms with van der Waals surface area (Å²) in [5.74, 6) is -0.969. The average Bonchev–Trinajstić information content (AvgIpc) is 2.55. The van der Waals surface area contributed by atoms with Crippen LogP contribution in [0.5, 0.6) is 0 Å². The van der Waals surface area contributed by atoms with E-state index in [2.05, 4.69) is 5.23 Å². The van der Waals surface area contributed by atoms with E-state index in [0.717, 1.165) is 16.7 Å². The molecule has 0 aliphatic carbocycles. The van der Waals surface area contributed by atoms with Crippen LogP contribution >= 0.6 is 0 Å². The number of carboxylic acids is 1. The Bertz CT molecular complexity index is 668. The topological polar surface area (TPSA) is 66.4 Å². The Morgan fingerprint density at radius 1 is 1.09 bits per heavy atom. The predicted octanol–water partition coefficient (Wildman–Crippen LogP) is 2.22. The van der Waals surface area contributed by atoms with Crippen molar-refractivity contribution in [1.82, 2.24) is 5.23 Å². The fourth-order valence-electron chi connectivity index (χ4n) is 2.71. The maximum Gasteiger partial charge on any atom is 0.320 e. The van der Waals surface area contributed by atoms with E-state index in [1.165, 1.54) is 0 Å². The van der Waals surface area contributed by atoms with E-state index < -0.39 is 17.4 Å². The minimum Gasteiger partial charge on any atom is -0.480 e. The summed E-state index contributed by atoms with van der Waals surface area (Å²) in [6.07, 6.45) is 0.671. The van der Waals surface area contributed by atoms with Crippen molar-refractivity contribution < 1.29 is 14.7 Å². The third kappa shape index (κ3) is 3.87. The molecule has 0 radical (unpaired) electrons. The summed E-state index contributed by atoms with van der Waals surface area (Å²) in [4.78, 5) is 22.1. The van der Waals surface area contributed by atoms with Crippen LogP contribution < -0.4 is 5.23 Å². The predicted molar refractivity (Wildman–Crippen MR) is 93.4 cm³/mol. The van der Waals surface area contributed by atoms with Crippen molar-refractivity contribution in [2.45, 2.75) is 25.3 Å². The van der Waals surface area contributed by atoms with Gasteiger partial charge in [0.05, 0.1) is 6.19 Å². The number of rotatable bonds is 7. The van der Waals surface area contributed by atoms with Crippen LogP contribution in [0.2, 0.25) is 0 Å². The van der Waals surface area contributed by atoms with Crippen LogP contribution in [0.15, 0.2) is 54.6 Å². The molecule has 1 atom stereocenters. The van der Waals surface area contributed by atoms with Crippen LogP contribution in [-0.2, 0) is 15.0 Å². The fourth-order valence-corrected chi connectivity index (χ4v) is 2.71. The molecule has 0 aromatic heterocycles. The number of aliphatic carboxylic acids is 1. The average molecular weight is 309 g/mol. The summed E-state index contributed by atoms with van der Waals surface area (Å²) in [6.45, 7) is 3.72. The molecule has 0 saturated carbocycles. The van der Waals surface area contributed by atoms with Gasteiger partial charge in [0.15, 0.2) is 0 Å². The van der Waals surface area contributed by atoms with E-state index in [0.29, 0.717) is 6.19 Å². The molecule has 0 aliphatic rings. The molecule has 4 nitrogen and oxygen atoms in total. The molecule has 0 bridgehead atoms. The molecule has 0 unspecified atom stereocenters. The highest BCUT2D eigenvalue weighted by atomic mass is 16.4. The van der Waals surface area contributed by atoms with E-state index in [1.807, 2.05) is 68.4 Å². The molecule has 0 saturated heterocycles. The fraction of sp³-hybridized carbons (Fsp3) is 0.222. The van der Waals surface area contributed by atoms with Gasteiger partial charge < -0.3 is 15.1 Å². The highest BCUT2D eigenvalue weighted by Crippen LogP contribution is 2.29. The van der Waals surface area contributed by atoms with Gasteiger partial charge in [0.1, 0.15) is 6.04 Å². The van der Waals surface area contributed by atoms with E-state index in [9.17, 15) is 14.7 Å². The maximum absolute atomic E-state index is 11.5. The number of carboxylic acid groups (broad SMARTS) is 1. The Morgan fingerprint density at radius 3 is 2.17 bits per heavy atom. The minimum atomic E-state index is -0.969. The van der Waals surface area contributed by atoms with Crippen LogP contribution in [0.25, 0.3) is 11.1 Å². The van der Waals surface area contributed by atoms with Crippen molar-refractivity contribution in [1.29, 1.82) is 0 Å². The molecule has 5 heteroatoms. The Kier molecular flexibility index (Phi) is 5.34. The molecule has 118 valence electrons. The van der Waals surface area contributed by atoms with Crippen LogP contribution in [0, 0.1) is 0 Å². The van der Waals surface area contributed by atoms with Crippen molar-refractivity contribution >= 4 is 19.6 Å². The van der Waals surface area contributed by atoms with Crippen molar-refractivity contribution in [3.05, 3.63) is 60.2 Å². The highest BCUT2D eigenvalue weighted by molar-refractivity contribution is 6.64. The number of nitrogens with one attached hydrogen (secondary N) is 1. The largest absolute Gasteiger partial charge is 0.480 e. The molecule has 0 fully saturated rings. The monoisotopic (exact) mass is 309 g/mol. The first-order valence-corrected chi connectivity index (χ1v) is 7.52. The second-order valence-corrected chi connectivity index (χ2v) is 6.01. The summed E-state index contributed by atoms with van der Waals surface area (Å²) in [7, 11) is 0.0164. The summed E-state index contributed by atoms with van der Waals surface area (Å²) < 4.78 is 0.